The quantitative estimate of drug-likeness (QED) is 0.739. The first-order valence-corrected chi connectivity index (χ1v) is 4.09. The Kier molecular flexibility index (Phi) is 3.16. The minimum atomic E-state index is -0.419. The van der Waals surface area contributed by atoms with Gasteiger partial charge in [-0.05, 0) is 12.1 Å². The van der Waals surface area contributed by atoms with Crippen molar-refractivity contribution in [3.63, 3.8) is 0 Å². The van der Waals surface area contributed by atoms with Crippen molar-refractivity contribution in [2.24, 2.45) is 0 Å². The second-order valence-electron chi connectivity index (χ2n) is 2.88. The van der Waals surface area contributed by atoms with Crippen molar-refractivity contribution in [2.75, 3.05) is 5.73 Å². The third kappa shape index (κ3) is 2.02. The summed E-state index contributed by atoms with van der Waals surface area (Å²) in [6.07, 6.45) is 1.56. The van der Waals surface area contributed by atoms with Crippen molar-refractivity contribution < 1.29 is 9.63 Å². The average molecular weight is 228 g/mol. The topological polar surface area (TPSA) is 70.1 Å². The molecule has 0 fully saturated rings. The van der Waals surface area contributed by atoms with Gasteiger partial charge in [-0.3, -0.25) is 0 Å². The number of carbonyl (C=O) groups is 1. The monoisotopic (exact) mass is 227 g/mol. The van der Waals surface area contributed by atoms with Crippen LogP contribution in [-0.2, 0) is 4.79 Å². The molecule has 1 heterocycles. The summed E-state index contributed by atoms with van der Waals surface area (Å²) < 4.78 is 0. The van der Waals surface area contributed by atoms with Crippen LogP contribution in [0.4, 0.5) is 5.69 Å². The van der Waals surface area contributed by atoms with E-state index < -0.39 is 5.97 Å². The van der Waals surface area contributed by atoms with Crippen LogP contribution >= 0.6 is 12.4 Å². The van der Waals surface area contributed by atoms with E-state index in [1.165, 1.54) is 6.92 Å². The number of nitrogen functional groups attached to an aromatic ring is 1. The molecule has 2 N–H and O–H groups in total. The predicted molar refractivity (Wildman–Crippen MR) is 58.7 cm³/mol. The molecule has 0 aliphatic rings. The average Bonchev–Trinajstić information content (AvgIpc) is 2.49. The maximum absolute atomic E-state index is 10.7. The van der Waals surface area contributed by atoms with Crippen molar-refractivity contribution >= 4 is 35.0 Å². The van der Waals surface area contributed by atoms with Crippen molar-refractivity contribution in [1.82, 2.24) is 9.94 Å². The van der Waals surface area contributed by atoms with Crippen LogP contribution in [0.3, 0.4) is 0 Å². The Morgan fingerprint density at radius 3 is 2.93 bits per heavy atom. The highest BCUT2D eigenvalue weighted by molar-refractivity contribution is 5.90. The van der Waals surface area contributed by atoms with Gasteiger partial charge < -0.3 is 10.6 Å². The Morgan fingerprint density at radius 1 is 1.53 bits per heavy atom. The molecular formula is C9H10ClN3O2. The molecule has 0 aliphatic heterocycles. The third-order valence-corrected chi connectivity index (χ3v) is 1.83. The molecule has 0 amide bonds. The highest BCUT2D eigenvalue weighted by Gasteiger charge is 2.06. The van der Waals surface area contributed by atoms with E-state index in [9.17, 15) is 4.79 Å². The molecule has 0 saturated heterocycles. The lowest BCUT2D eigenvalue weighted by atomic mass is 10.2. The van der Waals surface area contributed by atoms with E-state index in [0.717, 1.165) is 10.2 Å². The number of nitrogens with two attached hydrogens (primary N) is 1. The Morgan fingerprint density at radius 2 is 2.27 bits per heavy atom. The second-order valence-corrected chi connectivity index (χ2v) is 2.88. The fraction of sp³-hybridized carbons (Fsp3) is 0.111. The molecule has 0 bridgehead atoms. The largest absolute Gasteiger partial charge is 0.398 e. The second kappa shape index (κ2) is 4.18. The number of nitrogens with zero attached hydrogens (tertiary/aromatic N) is 2. The summed E-state index contributed by atoms with van der Waals surface area (Å²) in [5, 5.41) is 4.66. The first-order valence-electron chi connectivity index (χ1n) is 4.09. The van der Waals surface area contributed by atoms with Crippen LogP contribution in [0.1, 0.15) is 6.92 Å². The van der Waals surface area contributed by atoms with Crippen molar-refractivity contribution in [2.45, 2.75) is 6.92 Å². The molecule has 0 unspecified atom stereocenters. The lowest BCUT2D eigenvalue weighted by Crippen LogP contribution is -2.17. The smallest absolute Gasteiger partial charge is 0.331 e. The highest BCUT2D eigenvalue weighted by atomic mass is 35.5. The fourth-order valence-electron chi connectivity index (χ4n) is 1.24. The molecule has 15 heavy (non-hydrogen) atoms. The zero-order chi connectivity index (χ0) is 10.1. The molecule has 1 aromatic heterocycles. The third-order valence-electron chi connectivity index (χ3n) is 1.83. The van der Waals surface area contributed by atoms with E-state index in [-0.39, 0.29) is 12.4 Å². The maximum atomic E-state index is 10.7. The number of rotatable bonds is 1. The van der Waals surface area contributed by atoms with Crippen molar-refractivity contribution in [3.8, 4) is 0 Å². The van der Waals surface area contributed by atoms with Crippen LogP contribution < -0.4 is 10.6 Å². The lowest BCUT2D eigenvalue weighted by Gasteiger charge is -2.00. The van der Waals surface area contributed by atoms with Gasteiger partial charge in [0.2, 0.25) is 0 Å². The van der Waals surface area contributed by atoms with Gasteiger partial charge in [0.05, 0.1) is 6.20 Å². The number of aromatic nitrogens is 2. The summed E-state index contributed by atoms with van der Waals surface area (Å²) >= 11 is 0. The molecule has 0 atom stereocenters. The van der Waals surface area contributed by atoms with Crippen LogP contribution in [0.2, 0.25) is 0 Å². The molecule has 0 spiro atoms. The van der Waals surface area contributed by atoms with Gasteiger partial charge in [-0.25, -0.2) is 4.79 Å². The van der Waals surface area contributed by atoms with E-state index in [0.29, 0.717) is 11.2 Å². The Labute approximate surface area is 92.2 Å². The molecule has 5 nitrogen and oxygen atoms in total. The maximum Gasteiger partial charge on any atom is 0.331 e. The van der Waals surface area contributed by atoms with Crippen molar-refractivity contribution in [3.05, 3.63) is 24.4 Å². The van der Waals surface area contributed by atoms with Gasteiger partial charge in [0, 0.05) is 18.0 Å². The highest BCUT2D eigenvalue weighted by Crippen LogP contribution is 2.19. The van der Waals surface area contributed by atoms with Crippen molar-refractivity contribution in [1.29, 1.82) is 0 Å². The van der Waals surface area contributed by atoms with E-state index in [2.05, 4.69) is 5.10 Å². The molecular weight excluding hydrogens is 218 g/mol. The number of halogens is 1. The summed E-state index contributed by atoms with van der Waals surface area (Å²) in [7, 11) is 0. The number of anilines is 1. The van der Waals surface area contributed by atoms with Gasteiger partial charge in [0.1, 0.15) is 5.52 Å². The molecule has 0 aliphatic carbocycles. The summed E-state index contributed by atoms with van der Waals surface area (Å²) in [6.45, 7) is 1.32. The van der Waals surface area contributed by atoms with Crippen LogP contribution in [0.25, 0.3) is 10.9 Å². The number of hydrogen-bond donors (Lipinski definition) is 1. The molecule has 80 valence electrons. The van der Waals surface area contributed by atoms with E-state index in [1.807, 2.05) is 0 Å². The minimum Gasteiger partial charge on any atom is -0.398 e. The standard InChI is InChI=1S/C9H9N3O2.ClH/c1-6(13)14-12-9-4-2-3-8(10)7(9)5-11-12;/h2-5H,10H2,1H3;1H. The Hall–Kier alpha value is -1.75. The summed E-state index contributed by atoms with van der Waals surface area (Å²) in [5.74, 6) is -0.419. The molecule has 2 aromatic rings. The van der Waals surface area contributed by atoms with E-state index >= 15 is 0 Å². The first kappa shape index (κ1) is 11.3. The number of hydrogen-bond acceptors (Lipinski definition) is 4. The van der Waals surface area contributed by atoms with Crippen LogP contribution in [0.15, 0.2) is 24.4 Å². The fourth-order valence-corrected chi connectivity index (χ4v) is 1.24. The molecule has 0 saturated carbocycles. The molecule has 0 radical (unpaired) electrons. The van der Waals surface area contributed by atoms with Gasteiger partial charge in [-0.1, -0.05) is 10.9 Å². The number of carbonyl (C=O) groups excluding carboxylic acids is 1. The van der Waals surface area contributed by atoms with Gasteiger partial charge >= 0.3 is 5.97 Å². The van der Waals surface area contributed by atoms with Crippen LogP contribution in [-0.4, -0.2) is 15.9 Å². The Balaban J connectivity index is 0.00000112. The van der Waals surface area contributed by atoms with Gasteiger partial charge in [0.15, 0.2) is 0 Å². The van der Waals surface area contributed by atoms with E-state index in [1.54, 1.807) is 24.4 Å². The molecule has 2 rings (SSSR count). The summed E-state index contributed by atoms with van der Waals surface area (Å²) in [5.41, 5.74) is 7.00. The minimum absolute atomic E-state index is 0. The number of fused-ring (bicyclic) bond motifs is 1. The van der Waals surface area contributed by atoms with Gasteiger partial charge in [-0.15, -0.1) is 17.5 Å². The molecule has 6 heteroatoms. The first-order chi connectivity index (χ1) is 6.68. The van der Waals surface area contributed by atoms with Gasteiger partial charge in [0.25, 0.3) is 0 Å². The summed E-state index contributed by atoms with van der Waals surface area (Å²) in [6, 6.07) is 5.32. The van der Waals surface area contributed by atoms with E-state index in [4.69, 9.17) is 10.6 Å². The zero-order valence-corrected chi connectivity index (χ0v) is 8.82. The summed E-state index contributed by atoms with van der Waals surface area (Å²) in [4.78, 5) is 16.7. The Bertz CT molecular complexity index is 495. The van der Waals surface area contributed by atoms with Gasteiger partial charge in [-0.2, -0.15) is 0 Å². The number of benzene rings is 1. The normalized spacial score (nSPS) is 9.67. The molecule has 1 aromatic carbocycles. The predicted octanol–water partition coefficient (Wildman–Crippen LogP) is 1.02. The lowest BCUT2D eigenvalue weighted by molar-refractivity contribution is -0.142. The zero-order valence-electron chi connectivity index (χ0n) is 8.01. The van der Waals surface area contributed by atoms with Crippen LogP contribution in [0.5, 0.6) is 0 Å². The van der Waals surface area contributed by atoms with Crippen LogP contribution in [0, 0.1) is 0 Å². The SMILES string of the molecule is CC(=O)On1ncc2c(N)cccc21.Cl.